The third kappa shape index (κ3) is 4.10. The van der Waals surface area contributed by atoms with Crippen molar-refractivity contribution in [1.82, 2.24) is 4.90 Å². The maximum Gasteiger partial charge on any atom is 0.290 e. The van der Waals surface area contributed by atoms with Crippen molar-refractivity contribution in [3.05, 3.63) is 103 Å². The van der Waals surface area contributed by atoms with Crippen LogP contribution in [0, 0.1) is 6.92 Å². The fraction of sp³-hybridized carbons (Fsp3) is 0.214. The minimum Gasteiger partial charge on any atom is -0.493 e. The second-order valence-corrected chi connectivity index (χ2v) is 9.50. The summed E-state index contributed by atoms with van der Waals surface area (Å²) >= 11 is 12.5. The second-order valence-electron chi connectivity index (χ2n) is 8.69. The number of amides is 1. The molecule has 1 aliphatic heterocycles. The van der Waals surface area contributed by atoms with Crippen LogP contribution < -0.4 is 14.9 Å². The normalized spacial score (nSPS) is 14.9. The van der Waals surface area contributed by atoms with Crippen molar-refractivity contribution >= 4 is 40.1 Å². The molecule has 0 saturated heterocycles. The molecule has 0 fully saturated rings. The molecule has 0 bridgehead atoms. The van der Waals surface area contributed by atoms with E-state index in [9.17, 15) is 9.59 Å². The lowest BCUT2D eigenvalue weighted by Gasteiger charge is -2.25. The van der Waals surface area contributed by atoms with Crippen LogP contribution >= 0.6 is 23.2 Å². The zero-order valence-corrected chi connectivity index (χ0v) is 21.4. The van der Waals surface area contributed by atoms with E-state index in [0.717, 1.165) is 11.1 Å². The van der Waals surface area contributed by atoms with Gasteiger partial charge in [-0.3, -0.25) is 9.59 Å². The summed E-state index contributed by atoms with van der Waals surface area (Å²) in [6.45, 7) is 2.24. The van der Waals surface area contributed by atoms with Crippen molar-refractivity contribution in [3.8, 4) is 11.5 Å². The van der Waals surface area contributed by atoms with Gasteiger partial charge in [0.25, 0.3) is 5.91 Å². The number of aryl methyl sites for hydroxylation is 1. The molecule has 2 heterocycles. The number of carbonyl (C=O) groups excluding carboxylic acids is 1. The maximum absolute atomic E-state index is 13.7. The zero-order chi connectivity index (χ0) is 25.6. The highest BCUT2D eigenvalue weighted by Gasteiger charge is 2.42. The van der Waals surface area contributed by atoms with E-state index in [0.29, 0.717) is 56.6 Å². The van der Waals surface area contributed by atoms with Crippen LogP contribution in [0.25, 0.3) is 11.0 Å². The smallest absolute Gasteiger partial charge is 0.290 e. The van der Waals surface area contributed by atoms with Crippen LogP contribution in [0.4, 0.5) is 0 Å². The molecular formula is C28H23Cl2NO5. The van der Waals surface area contributed by atoms with Crippen LogP contribution in [0.15, 0.2) is 63.8 Å². The standard InChI is InChI=1S/C28H23Cl2NO5/c1-15-4-8-21-18(12-15)26(32)24-25(17-6-7-19(29)20(30)14-17)31(28(33)27(24)36-21)11-10-16-5-9-22(34-2)23(13-16)35-3/h4-9,12-14,25H,10-11H2,1-3H3. The van der Waals surface area contributed by atoms with Crippen molar-refractivity contribution in [2.24, 2.45) is 0 Å². The Morgan fingerprint density at radius 3 is 2.42 bits per heavy atom. The predicted molar refractivity (Wildman–Crippen MR) is 140 cm³/mol. The molecule has 8 heteroatoms. The quantitative estimate of drug-likeness (QED) is 0.300. The monoisotopic (exact) mass is 523 g/mol. The fourth-order valence-corrected chi connectivity index (χ4v) is 4.99. The number of hydrogen-bond donors (Lipinski definition) is 0. The van der Waals surface area contributed by atoms with Crippen molar-refractivity contribution < 1.29 is 18.7 Å². The number of rotatable bonds is 6. The average Bonchev–Trinajstić information content (AvgIpc) is 3.16. The molecule has 6 nitrogen and oxygen atoms in total. The van der Waals surface area contributed by atoms with E-state index in [2.05, 4.69) is 0 Å². The summed E-state index contributed by atoms with van der Waals surface area (Å²) in [6.07, 6.45) is 0.519. The zero-order valence-electron chi connectivity index (χ0n) is 19.9. The second kappa shape index (κ2) is 9.52. The van der Waals surface area contributed by atoms with Crippen molar-refractivity contribution in [2.45, 2.75) is 19.4 Å². The molecule has 1 unspecified atom stereocenters. The van der Waals surface area contributed by atoms with Crippen LogP contribution in [0.2, 0.25) is 10.0 Å². The molecule has 0 N–H and O–H groups in total. The molecule has 1 aromatic heterocycles. The van der Waals surface area contributed by atoms with E-state index in [1.54, 1.807) is 49.5 Å². The molecule has 1 atom stereocenters. The Kier molecular flexibility index (Phi) is 6.41. The Morgan fingerprint density at radius 2 is 1.69 bits per heavy atom. The SMILES string of the molecule is COc1ccc(CCN2C(=O)c3oc4ccc(C)cc4c(=O)c3C2c2ccc(Cl)c(Cl)c2)cc1OC. The van der Waals surface area contributed by atoms with Gasteiger partial charge in [-0.15, -0.1) is 0 Å². The van der Waals surface area contributed by atoms with E-state index >= 15 is 0 Å². The summed E-state index contributed by atoms with van der Waals surface area (Å²) in [7, 11) is 3.15. The molecule has 0 spiro atoms. The highest BCUT2D eigenvalue weighted by Crippen LogP contribution is 2.40. The topological polar surface area (TPSA) is 69.0 Å². The summed E-state index contributed by atoms with van der Waals surface area (Å²) in [5.74, 6) is 0.933. The Bertz CT molecular complexity index is 1560. The van der Waals surface area contributed by atoms with Crippen LogP contribution in [0.3, 0.4) is 0 Å². The molecule has 36 heavy (non-hydrogen) atoms. The third-order valence-corrected chi connectivity index (χ3v) is 7.21. The first-order valence-electron chi connectivity index (χ1n) is 11.4. The third-order valence-electron chi connectivity index (χ3n) is 6.47. The van der Waals surface area contributed by atoms with Crippen LogP contribution in [0.1, 0.15) is 38.9 Å². The van der Waals surface area contributed by atoms with Gasteiger partial charge in [0.1, 0.15) is 5.58 Å². The van der Waals surface area contributed by atoms with Gasteiger partial charge in [-0.1, -0.05) is 47.0 Å². The van der Waals surface area contributed by atoms with E-state index in [4.69, 9.17) is 37.1 Å². The first kappa shape index (κ1) is 24.2. The fourth-order valence-electron chi connectivity index (χ4n) is 4.68. The maximum atomic E-state index is 13.7. The summed E-state index contributed by atoms with van der Waals surface area (Å²) in [5, 5.41) is 1.17. The van der Waals surface area contributed by atoms with Crippen molar-refractivity contribution in [3.63, 3.8) is 0 Å². The van der Waals surface area contributed by atoms with Gasteiger partial charge in [0.2, 0.25) is 5.76 Å². The molecule has 5 rings (SSSR count). The molecule has 0 aliphatic carbocycles. The molecule has 184 valence electrons. The molecule has 0 saturated carbocycles. The van der Waals surface area contributed by atoms with Gasteiger partial charge in [0.15, 0.2) is 16.9 Å². The van der Waals surface area contributed by atoms with Crippen LogP contribution in [-0.2, 0) is 6.42 Å². The highest BCUT2D eigenvalue weighted by atomic mass is 35.5. The minimum absolute atomic E-state index is 0.0553. The summed E-state index contributed by atoms with van der Waals surface area (Å²) in [6, 6.07) is 15.5. The predicted octanol–water partition coefficient (Wildman–Crippen LogP) is 6.21. The first-order chi connectivity index (χ1) is 17.3. The number of fused-ring (bicyclic) bond motifs is 2. The molecular weight excluding hydrogens is 501 g/mol. The number of nitrogens with zero attached hydrogens (tertiary/aromatic N) is 1. The van der Waals surface area contributed by atoms with Gasteiger partial charge in [-0.2, -0.15) is 0 Å². The largest absolute Gasteiger partial charge is 0.493 e. The summed E-state index contributed by atoms with van der Waals surface area (Å²) in [4.78, 5) is 29.0. The molecule has 1 amide bonds. The number of ether oxygens (including phenoxy) is 2. The van der Waals surface area contributed by atoms with E-state index in [-0.39, 0.29) is 17.1 Å². The Morgan fingerprint density at radius 1 is 0.917 bits per heavy atom. The van der Waals surface area contributed by atoms with Gasteiger partial charge in [0, 0.05) is 6.54 Å². The van der Waals surface area contributed by atoms with Crippen LogP contribution in [0.5, 0.6) is 11.5 Å². The number of carbonyl (C=O) groups is 1. The highest BCUT2D eigenvalue weighted by molar-refractivity contribution is 6.42. The average molecular weight is 524 g/mol. The van der Waals surface area contributed by atoms with Gasteiger partial charge >= 0.3 is 0 Å². The van der Waals surface area contributed by atoms with Crippen LogP contribution in [-0.4, -0.2) is 31.6 Å². The molecule has 4 aromatic rings. The Balaban J connectivity index is 1.61. The lowest BCUT2D eigenvalue weighted by atomic mass is 9.98. The van der Waals surface area contributed by atoms with E-state index in [1.165, 1.54) is 0 Å². The summed E-state index contributed by atoms with van der Waals surface area (Å²) < 4.78 is 16.8. The molecule has 0 radical (unpaired) electrons. The lowest BCUT2D eigenvalue weighted by molar-refractivity contribution is 0.0730. The lowest BCUT2D eigenvalue weighted by Crippen LogP contribution is -2.31. The number of methoxy groups -OCH3 is 2. The molecule has 1 aliphatic rings. The van der Waals surface area contributed by atoms with Crippen molar-refractivity contribution in [2.75, 3.05) is 20.8 Å². The first-order valence-corrected chi connectivity index (χ1v) is 12.1. The number of halogens is 2. The Hall–Kier alpha value is -3.48. The van der Waals surface area contributed by atoms with E-state index < -0.39 is 6.04 Å². The number of hydrogen-bond acceptors (Lipinski definition) is 5. The van der Waals surface area contributed by atoms with Crippen molar-refractivity contribution in [1.29, 1.82) is 0 Å². The van der Waals surface area contributed by atoms with Gasteiger partial charge < -0.3 is 18.8 Å². The van der Waals surface area contributed by atoms with Gasteiger partial charge in [0.05, 0.1) is 41.3 Å². The van der Waals surface area contributed by atoms with Gasteiger partial charge in [-0.25, -0.2) is 0 Å². The van der Waals surface area contributed by atoms with E-state index in [1.807, 2.05) is 31.2 Å². The minimum atomic E-state index is -0.663. The molecule has 3 aromatic carbocycles. The summed E-state index contributed by atoms with van der Waals surface area (Å²) in [5.41, 5.74) is 3.02. The Labute approximate surface area is 217 Å². The van der Waals surface area contributed by atoms with Gasteiger partial charge in [-0.05, 0) is 60.9 Å². The number of benzene rings is 3.